The van der Waals surface area contributed by atoms with E-state index in [1.165, 1.54) is 4.68 Å². The van der Waals surface area contributed by atoms with Gasteiger partial charge < -0.3 is 15.2 Å². The third-order valence-electron chi connectivity index (χ3n) is 2.69. The molecule has 0 saturated carbocycles. The number of carboxylic acid groups (broad SMARTS) is 1. The molecule has 7 heteroatoms. The Labute approximate surface area is 92.4 Å². The van der Waals surface area contributed by atoms with E-state index in [1.807, 2.05) is 0 Å². The number of carbonyl (C=O) groups is 1. The molecule has 0 bridgehead atoms. The Balaban J connectivity index is 2.09. The Bertz CT molecular complexity index is 379. The first-order chi connectivity index (χ1) is 7.70. The van der Waals surface area contributed by atoms with E-state index in [1.54, 1.807) is 13.3 Å². The molecule has 0 aliphatic carbocycles. The first-order valence-electron chi connectivity index (χ1n) is 5.06. The van der Waals surface area contributed by atoms with Crippen molar-refractivity contribution < 1.29 is 14.6 Å². The highest BCUT2D eigenvalue weighted by Gasteiger charge is 2.30. The molecule has 1 aromatic heterocycles. The lowest BCUT2D eigenvalue weighted by Gasteiger charge is -2.13. The van der Waals surface area contributed by atoms with Gasteiger partial charge in [0.05, 0.1) is 11.8 Å². The van der Waals surface area contributed by atoms with E-state index in [-0.39, 0.29) is 18.6 Å². The second kappa shape index (κ2) is 4.58. The van der Waals surface area contributed by atoms with Crippen LogP contribution in [0, 0.1) is 0 Å². The molecule has 1 fully saturated rings. The summed E-state index contributed by atoms with van der Waals surface area (Å²) >= 11 is 0. The molecule has 2 N–H and O–H groups in total. The summed E-state index contributed by atoms with van der Waals surface area (Å²) in [5.41, 5.74) is 0.776. The molecule has 1 aromatic rings. The number of aromatic nitrogens is 3. The van der Waals surface area contributed by atoms with Gasteiger partial charge in [-0.2, -0.15) is 0 Å². The number of nitrogens with zero attached hydrogens (tertiary/aromatic N) is 3. The Hall–Kier alpha value is -1.47. The first kappa shape index (κ1) is 11.0. The number of hydrogen-bond acceptors (Lipinski definition) is 5. The van der Waals surface area contributed by atoms with Crippen molar-refractivity contribution in [1.29, 1.82) is 0 Å². The minimum Gasteiger partial charge on any atom is -0.480 e. The Kier molecular flexibility index (Phi) is 3.16. The van der Waals surface area contributed by atoms with Gasteiger partial charge in [0, 0.05) is 32.3 Å². The summed E-state index contributed by atoms with van der Waals surface area (Å²) in [5.74, 6) is -0.781. The highest BCUT2D eigenvalue weighted by Crippen LogP contribution is 2.22. The number of nitrogens with one attached hydrogen (secondary N) is 1. The van der Waals surface area contributed by atoms with Gasteiger partial charge in [-0.25, -0.2) is 4.68 Å². The Morgan fingerprint density at radius 1 is 1.75 bits per heavy atom. The van der Waals surface area contributed by atoms with E-state index < -0.39 is 5.97 Å². The number of methoxy groups -OCH3 is 1. The Morgan fingerprint density at radius 2 is 2.56 bits per heavy atom. The molecular weight excluding hydrogens is 212 g/mol. The van der Waals surface area contributed by atoms with E-state index in [0.717, 1.165) is 18.8 Å². The minimum atomic E-state index is -0.927. The van der Waals surface area contributed by atoms with Crippen LogP contribution < -0.4 is 5.32 Å². The minimum absolute atomic E-state index is 0.0787. The molecule has 2 rings (SSSR count). The molecule has 0 unspecified atom stereocenters. The van der Waals surface area contributed by atoms with Crippen LogP contribution >= 0.6 is 0 Å². The van der Waals surface area contributed by atoms with Crippen molar-refractivity contribution >= 4 is 5.97 Å². The summed E-state index contributed by atoms with van der Waals surface area (Å²) in [6.45, 7) is 1.40. The fraction of sp³-hybridized carbons (Fsp3) is 0.667. The monoisotopic (exact) mass is 226 g/mol. The average Bonchev–Trinajstić information content (AvgIpc) is 2.83. The summed E-state index contributed by atoms with van der Waals surface area (Å²) < 4.78 is 6.63. The molecule has 0 radical (unpaired) electrons. The standard InChI is InChI=1S/C9H14N4O3/c1-16-8-3-10-2-6(8)7-4-13(12-11-7)5-9(14)15/h4,6,8,10H,2-3,5H2,1H3,(H,14,15)/t6-,8+/m0/s1. The molecule has 1 aliphatic rings. The molecule has 0 aromatic carbocycles. The van der Waals surface area contributed by atoms with Gasteiger partial charge in [-0.1, -0.05) is 5.21 Å². The van der Waals surface area contributed by atoms with Gasteiger partial charge in [0.2, 0.25) is 0 Å². The molecule has 2 atom stereocenters. The molecule has 1 saturated heterocycles. The predicted octanol–water partition coefficient (Wildman–Crippen LogP) is -0.935. The third-order valence-corrected chi connectivity index (χ3v) is 2.69. The van der Waals surface area contributed by atoms with Crippen molar-refractivity contribution in [1.82, 2.24) is 20.3 Å². The number of rotatable bonds is 4. The van der Waals surface area contributed by atoms with Crippen LogP contribution in [0.5, 0.6) is 0 Å². The Morgan fingerprint density at radius 3 is 3.25 bits per heavy atom. The summed E-state index contributed by atoms with van der Waals surface area (Å²) in [5, 5.41) is 19.6. The molecule has 88 valence electrons. The fourth-order valence-corrected chi connectivity index (χ4v) is 1.90. The quantitative estimate of drug-likeness (QED) is 0.689. The van der Waals surface area contributed by atoms with Gasteiger partial charge in [0.15, 0.2) is 0 Å². The molecular formula is C9H14N4O3. The van der Waals surface area contributed by atoms with E-state index in [0.29, 0.717) is 0 Å². The van der Waals surface area contributed by atoms with Gasteiger partial charge >= 0.3 is 5.97 Å². The lowest BCUT2D eigenvalue weighted by atomic mass is 10.0. The van der Waals surface area contributed by atoms with E-state index in [9.17, 15) is 4.79 Å². The van der Waals surface area contributed by atoms with E-state index in [4.69, 9.17) is 9.84 Å². The van der Waals surface area contributed by atoms with Crippen LogP contribution in [0.2, 0.25) is 0 Å². The molecule has 7 nitrogen and oxygen atoms in total. The van der Waals surface area contributed by atoms with Crippen LogP contribution in [0.1, 0.15) is 11.6 Å². The zero-order valence-corrected chi connectivity index (χ0v) is 8.96. The van der Waals surface area contributed by atoms with Crippen molar-refractivity contribution in [3.8, 4) is 0 Å². The summed E-state index contributed by atoms with van der Waals surface area (Å²) in [7, 11) is 1.66. The summed E-state index contributed by atoms with van der Waals surface area (Å²) in [4.78, 5) is 10.5. The summed E-state index contributed by atoms with van der Waals surface area (Å²) in [6.07, 6.45) is 1.74. The van der Waals surface area contributed by atoms with E-state index in [2.05, 4.69) is 15.6 Å². The van der Waals surface area contributed by atoms with Crippen LogP contribution in [0.3, 0.4) is 0 Å². The second-order valence-electron chi connectivity index (χ2n) is 3.77. The zero-order chi connectivity index (χ0) is 11.5. The van der Waals surface area contributed by atoms with Crippen LogP contribution in [-0.4, -0.2) is 52.4 Å². The average molecular weight is 226 g/mol. The molecule has 1 aliphatic heterocycles. The second-order valence-corrected chi connectivity index (χ2v) is 3.77. The maximum absolute atomic E-state index is 10.5. The van der Waals surface area contributed by atoms with Crippen molar-refractivity contribution in [2.75, 3.05) is 20.2 Å². The van der Waals surface area contributed by atoms with E-state index >= 15 is 0 Å². The smallest absolute Gasteiger partial charge is 0.325 e. The highest BCUT2D eigenvalue weighted by molar-refractivity contribution is 5.66. The first-order valence-corrected chi connectivity index (χ1v) is 5.06. The summed E-state index contributed by atoms with van der Waals surface area (Å²) in [6, 6.07) is 0. The van der Waals surface area contributed by atoms with Crippen molar-refractivity contribution in [2.24, 2.45) is 0 Å². The lowest BCUT2D eigenvalue weighted by molar-refractivity contribution is -0.137. The number of hydrogen-bond donors (Lipinski definition) is 2. The highest BCUT2D eigenvalue weighted by atomic mass is 16.5. The molecule has 0 amide bonds. The molecule has 16 heavy (non-hydrogen) atoms. The van der Waals surface area contributed by atoms with Crippen molar-refractivity contribution in [2.45, 2.75) is 18.6 Å². The van der Waals surface area contributed by atoms with Gasteiger partial charge in [-0.15, -0.1) is 5.10 Å². The van der Waals surface area contributed by atoms with Gasteiger partial charge in [0.1, 0.15) is 6.54 Å². The predicted molar refractivity (Wildman–Crippen MR) is 54.1 cm³/mol. The molecule has 2 heterocycles. The lowest BCUT2D eigenvalue weighted by Crippen LogP contribution is -2.19. The normalized spacial score (nSPS) is 24.8. The maximum Gasteiger partial charge on any atom is 0.325 e. The van der Waals surface area contributed by atoms with Crippen LogP contribution in [0.4, 0.5) is 0 Å². The topological polar surface area (TPSA) is 89.3 Å². The van der Waals surface area contributed by atoms with Gasteiger partial charge in [0.25, 0.3) is 0 Å². The van der Waals surface area contributed by atoms with Crippen LogP contribution in [-0.2, 0) is 16.1 Å². The fourth-order valence-electron chi connectivity index (χ4n) is 1.90. The van der Waals surface area contributed by atoms with Crippen LogP contribution in [0.25, 0.3) is 0 Å². The maximum atomic E-state index is 10.5. The number of ether oxygens (including phenoxy) is 1. The number of carboxylic acids is 1. The molecule has 0 spiro atoms. The number of aliphatic carboxylic acids is 1. The van der Waals surface area contributed by atoms with Crippen molar-refractivity contribution in [3.05, 3.63) is 11.9 Å². The van der Waals surface area contributed by atoms with Gasteiger partial charge in [-0.05, 0) is 0 Å². The zero-order valence-electron chi connectivity index (χ0n) is 8.96. The van der Waals surface area contributed by atoms with Gasteiger partial charge in [-0.3, -0.25) is 4.79 Å². The largest absolute Gasteiger partial charge is 0.480 e. The van der Waals surface area contributed by atoms with Crippen molar-refractivity contribution in [3.63, 3.8) is 0 Å². The van der Waals surface area contributed by atoms with Crippen LogP contribution in [0.15, 0.2) is 6.20 Å². The third kappa shape index (κ3) is 2.20. The SMILES string of the molecule is CO[C@@H]1CNC[C@H]1c1cn(CC(=O)O)nn1.